The molecular weight excluding hydrogens is 925 g/mol. The maximum absolute atomic E-state index is 12.9. The molecule has 0 aliphatic rings. The molecule has 0 spiro atoms. The predicted octanol–water partition coefficient (Wildman–Crippen LogP) is 20.8. The predicted molar refractivity (Wildman–Crippen MR) is 325 cm³/mol. The molecule has 0 aliphatic carbocycles. The minimum Gasteiger partial charge on any atom is -0.462 e. The standard InChI is InChI=1S/C69H110O6/c1-4-7-10-13-16-19-22-25-28-31-32-33-34-35-36-39-41-44-47-50-53-56-59-62-68(71)74-65-66(75-69(72)63-60-57-54-51-48-45-42-38-30-27-24-21-18-15-12-9-6-3)64-73-67(70)61-58-55-52-49-46-43-40-37-29-26-23-20-17-14-11-8-5-2/h8-9,11-12,17-18,20-22,25-27,29-32,34-35,40,42-43,45,51,54,66H,4-7,10,13-16,19,23-24,28,33,36-39,41,44,46-50,52-53,55-65H2,1-3H3/b11-8-,12-9-,20-17-,21-18-,25-22-,29-26-,30-27-,32-31-,35-34-,43-40-,45-42-,54-51-. The average molecular weight is 1040 g/mol. The van der Waals surface area contributed by atoms with Crippen LogP contribution in [0.1, 0.15) is 252 Å². The summed E-state index contributed by atoms with van der Waals surface area (Å²) >= 11 is 0. The Morgan fingerprint density at radius 2 is 0.533 bits per heavy atom. The fourth-order valence-corrected chi connectivity index (χ4v) is 7.83. The van der Waals surface area contributed by atoms with Crippen molar-refractivity contribution in [3.63, 3.8) is 0 Å². The molecule has 0 amide bonds. The van der Waals surface area contributed by atoms with Crippen LogP contribution in [0.2, 0.25) is 0 Å². The first kappa shape index (κ1) is 70.3. The van der Waals surface area contributed by atoms with E-state index in [9.17, 15) is 14.4 Å². The van der Waals surface area contributed by atoms with E-state index in [4.69, 9.17) is 14.2 Å². The van der Waals surface area contributed by atoms with Crippen molar-refractivity contribution in [2.45, 2.75) is 258 Å². The first-order valence-corrected chi connectivity index (χ1v) is 30.3. The van der Waals surface area contributed by atoms with E-state index in [0.29, 0.717) is 19.3 Å². The maximum atomic E-state index is 12.9. The van der Waals surface area contributed by atoms with E-state index in [0.717, 1.165) is 135 Å². The summed E-state index contributed by atoms with van der Waals surface area (Å²) in [6.07, 6.45) is 88.5. The second kappa shape index (κ2) is 61.8. The van der Waals surface area contributed by atoms with Gasteiger partial charge in [-0.05, 0) is 135 Å². The van der Waals surface area contributed by atoms with E-state index in [1.165, 1.54) is 70.6 Å². The Balaban J connectivity index is 4.52. The normalized spacial score (nSPS) is 13.2. The molecule has 0 fully saturated rings. The van der Waals surface area contributed by atoms with Crippen LogP contribution in [0.25, 0.3) is 0 Å². The van der Waals surface area contributed by atoms with Gasteiger partial charge in [-0.1, -0.05) is 244 Å². The number of hydrogen-bond donors (Lipinski definition) is 0. The average Bonchev–Trinajstić information content (AvgIpc) is 3.41. The minimum absolute atomic E-state index is 0.118. The van der Waals surface area contributed by atoms with Crippen molar-refractivity contribution in [1.82, 2.24) is 0 Å². The Labute approximate surface area is 461 Å². The lowest BCUT2D eigenvalue weighted by atomic mass is 10.1. The van der Waals surface area contributed by atoms with Crippen molar-refractivity contribution in [2.24, 2.45) is 0 Å². The summed E-state index contributed by atoms with van der Waals surface area (Å²) in [7, 11) is 0. The molecular formula is C69H110O6. The van der Waals surface area contributed by atoms with E-state index in [2.05, 4.69) is 167 Å². The minimum atomic E-state index is -0.829. The smallest absolute Gasteiger partial charge is 0.306 e. The molecule has 0 rings (SSSR count). The summed E-state index contributed by atoms with van der Waals surface area (Å²) in [6, 6.07) is 0. The highest BCUT2D eigenvalue weighted by atomic mass is 16.6. The van der Waals surface area contributed by atoms with Crippen molar-refractivity contribution in [3.8, 4) is 0 Å². The van der Waals surface area contributed by atoms with Gasteiger partial charge in [0.25, 0.3) is 0 Å². The second-order valence-electron chi connectivity index (χ2n) is 19.5. The van der Waals surface area contributed by atoms with Crippen LogP contribution in [0.15, 0.2) is 146 Å². The summed E-state index contributed by atoms with van der Waals surface area (Å²) in [5.41, 5.74) is 0. The third-order valence-electron chi connectivity index (χ3n) is 12.3. The Morgan fingerprint density at radius 1 is 0.280 bits per heavy atom. The Kier molecular flexibility index (Phi) is 58.0. The van der Waals surface area contributed by atoms with E-state index in [1.807, 2.05) is 0 Å². The Morgan fingerprint density at radius 3 is 0.853 bits per heavy atom. The van der Waals surface area contributed by atoms with Gasteiger partial charge in [0.05, 0.1) is 0 Å². The highest BCUT2D eigenvalue weighted by molar-refractivity contribution is 5.71. The zero-order chi connectivity index (χ0) is 54.3. The van der Waals surface area contributed by atoms with Gasteiger partial charge in [-0.3, -0.25) is 14.4 Å². The number of rotatable bonds is 53. The highest BCUT2D eigenvalue weighted by Crippen LogP contribution is 2.13. The molecule has 0 saturated heterocycles. The van der Waals surface area contributed by atoms with Gasteiger partial charge in [-0.2, -0.15) is 0 Å². The van der Waals surface area contributed by atoms with E-state index in [1.54, 1.807) is 0 Å². The van der Waals surface area contributed by atoms with Crippen LogP contribution < -0.4 is 0 Å². The zero-order valence-corrected chi connectivity index (χ0v) is 48.3. The largest absolute Gasteiger partial charge is 0.462 e. The third-order valence-corrected chi connectivity index (χ3v) is 12.3. The van der Waals surface area contributed by atoms with E-state index >= 15 is 0 Å². The molecule has 0 bridgehead atoms. The fourth-order valence-electron chi connectivity index (χ4n) is 7.83. The van der Waals surface area contributed by atoms with Crippen molar-refractivity contribution in [1.29, 1.82) is 0 Å². The molecule has 0 aliphatic heterocycles. The Bertz CT molecular complexity index is 1660. The molecule has 75 heavy (non-hydrogen) atoms. The van der Waals surface area contributed by atoms with Crippen LogP contribution >= 0.6 is 0 Å². The van der Waals surface area contributed by atoms with Crippen molar-refractivity contribution < 1.29 is 28.6 Å². The first-order chi connectivity index (χ1) is 37.0. The molecule has 0 aromatic carbocycles. The van der Waals surface area contributed by atoms with Crippen LogP contribution in [0, 0.1) is 0 Å². The number of unbranched alkanes of at least 4 members (excludes halogenated alkanes) is 18. The topological polar surface area (TPSA) is 78.9 Å². The molecule has 1 unspecified atom stereocenters. The van der Waals surface area contributed by atoms with Crippen LogP contribution in [-0.4, -0.2) is 37.2 Å². The van der Waals surface area contributed by atoms with Gasteiger partial charge in [0.15, 0.2) is 6.10 Å². The van der Waals surface area contributed by atoms with Gasteiger partial charge in [0.1, 0.15) is 13.2 Å². The molecule has 6 nitrogen and oxygen atoms in total. The van der Waals surface area contributed by atoms with Gasteiger partial charge in [-0.15, -0.1) is 0 Å². The number of ether oxygens (including phenoxy) is 3. The summed E-state index contributed by atoms with van der Waals surface area (Å²) < 4.78 is 16.8. The van der Waals surface area contributed by atoms with E-state index < -0.39 is 6.10 Å². The lowest BCUT2D eigenvalue weighted by Gasteiger charge is -2.18. The first-order valence-electron chi connectivity index (χ1n) is 30.3. The Hall–Kier alpha value is -4.71. The maximum Gasteiger partial charge on any atom is 0.306 e. The zero-order valence-electron chi connectivity index (χ0n) is 48.3. The molecule has 0 saturated carbocycles. The number of allylic oxidation sites excluding steroid dienone is 24. The van der Waals surface area contributed by atoms with Crippen LogP contribution in [0.5, 0.6) is 0 Å². The summed E-state index contributed by atoms with van der Waals surface area (Å²) in [5, 5.41) is 0. The number of esters is 3. The fraction of sp³-hybridized carbons (Fsp3) is 0.609. The summed E-state index contributed by atoms with van der Waals surface area (Å²) in [5.74, 6) is -1.01. The summed E-state index contributed by atoms with van der Waals surface area (Å²) in [4.78, 5) is 38.2. The van der Waals surface area contributed by atoms with Crippen LogP contribution in [0.4, 0.5) is 0 Å². The molecule has 0 radical (unpaired) electrons. The van der Waals surface area contributed by atoms with Crippen molar-refractivity contribution in [2.75, 3.05) is 13.2 Å². The van der Waals surface area contributed by atoms with Crippen LogP contribution in [-0.2, 0) is 28.6 Å². The number of hydrogen-bond acceptors (Lipinski definition) is 6. The molecule has 0 N–H and O–H groups in total. The molecule has 6 heteroatoms. The lowest BCUT2D eigenvalue weighted by molar-refractivity contribution is -0.167. The summed E-state index contributed by atoms with van der Waals surface area (Å²) in [6.45, 7) is 6.32. The van der Waals surface area contributed by atoms with Gasteiger partial charge < -0.3 is 14.2 Å². The third kappa shape index (κ3) is 60.0. The quantitative estimate of drug-likeness (QED) is 0.0261. The molecule has 0 aromatic heterocycles. The molecule has 0 aromatic rings. The van der Waals surface area contributed by atoms with Gasteiger partial charge in [-0.25, -0.2) is 0 Å². The SMILES string of the molecule is CC/C=C\C/C=C\C/C=C\C/C=C\C/C=C\CCCC(=O)OC(COC(=O)CCCCCC/C=C\C/C=C\C/C=C\C/C=C\CC)COC(=O)CCCCCCCCCC/C=C\C/C=C\C/C=C\CCCCCCC. The molecule has 422 valence electrons. The monoisotopic (exact) mass is 1030 g/mol. The van der Waals surface area contributed by atoms with E-state index in [-0.39, 0.29) is 37.5 Å². The molecule has 0 heterocycles. The lowest BCUT2D eigenvalue weighted by Crippen LogP contribution is -2.30. The van der Waals surface area contributed by atoms with Gasteiger partial charge >= 0.3 is 17.9 Å². The van der Waals surface area contributed by atoms with Crippen LogP contribution in [0.3, 0.4) is 0 Å². The van der Waals surface area contributed by atoms with Crippen molar-refractivity contribution >= 4 is 17.9 Å². The van der Waals surface area contributed by atoms with Gasteiger partial charge in [0.2, 0.25) is 0 Å². The number of carbonyl (C=O) groups excluding carboxylic acids is 3. The highest BCUT2D eigenvalue weighted by Gasteiger charge is 2.19. The second-order valence-corrected chi connectivity index (χ2v) is 19.5. The van der Waals surface area contributed by atoms with Gasteiger partial charge in [0, 0.05) is 19.3 Å². The number of carbonyl (C=O) groups is 3. The van der Waals surface area contributed by atoms with Crippen molar-refractivity contribution in [3.05, 3.63) is 146 Å². The molecule has 1 atom stereocenters.